The van der Waals surface area contributed by atoms with Gasteiger partial charge < -0.3 is 8.54 Å². The van der Waals surface area contributed by atoms with Crippen LogP contribution < -0.4 is 0 Å². The molecule has 2 nitrogen and oxygen atoms in total. The van der Waals surface area contributed by atoms with Crippen molar-refractivity contribution in [2.75, 3.05) is 7.11 Å². The Morgan fingerprint density at radius 3 is 1.60 bits per heavy atom. The molecule has 0 heterocycles. The van der Waals surface area contributed by atoms with Crippen LogP contribution in [0.3, 0.4) is 0 Å². The third kappa shape index (κ3) is 5.03. The SMILES string of the molecule is CO[Si](C)(C)O[Si](C)(F)F. The third-order valence-corrected chi connectivity index (χ3v) is 5.30. The van der Waals surface area contributed by atoms with E-state index in [1.54, 1.807) is 13.1 Å². The fourth-order valence-electron chi connectivity index (χ4n) is 0.473. The largest absolute Gasteiger partial charge is 0.565 e. The molecular formula is C4H12F2O2Si2. The van der Waals surface area contributed by atoms with E-state index in [0.29, 0.717) is 0 Å². The Bertz CT molecular complexity index is 112. The maximum absolute atomic E-state index is 12.3. The van der Waals surface area contributed by atoms with Crippen LogP contribution in [0.4, 0.5) is 8.22 Å². The van der Waals surface area contributed by atoms with Gasteiger partial charge in [-0.3, -0.25) is 0 Å². The molecule has 0 fully saturated rings. The number of hydrogen-bond donors (Lipinski definition) is 0. The second-order valence-corrected chi connectivity index (χ2v) is 8.15. The number of halogens is 2. The molecule has 0 aromatic rings. The highest BCUT2D eigenvalue weighted by molar-refractivity contribution is 6.75. The first kappa shape index (κ1) is 10.2. The highest BCUT2D eigenvalue weighted by atomic mass is 28.5. The summed E-state index contributed by atoms with van der Waals surface area (Å²) in [4.78, 5) is 0. The van der Waals surface area contributed by atoms with E-state index in [9.17, 15) is 8.22 Å². The van der Waals surface area contributed by atoms with Gasteiger partial charge in [-0.25, -0.2) is 8.22 Å². The lowest BCUT2D eigenvalue weighted by Gasteiger charge is -2.22. The minimum atomic E-state index is -4.38. The molecular weight excluding hydrogens is 174 g/mol. The minimum Gasteiger partial charge on any atom is -0.398 e. The van der Waals surface area contributed by atoms with Gasteiger partial charge >= 0.3 is 17.5 Å². The third-order valence-electron chi connectivity index (χ3n) is 0.917. The van der Waals surface area contributed by atoms with Crippen molar-refractivity contribution in [3.63, 3.8) is 0 Å². The Morgan fingerprint density at radius 2 is 1.50 bits per heavy atom. The molecule has 6 heteroatoms. The summed E-state index contributed by atoms with van der Waals surface area (Å²) in [5.41, 5.74) is 0. The van der Waals surface area contributed by atoms with Gasteiger partial charge in [0.25, 0.3) is 0 Å². The molecule has 0 aliphatic heterocycles. The molecule has 0 atom stereocenters. The van der Waals surface area contributed by atoms with E-state index in [4.69, 9.17) is 4.43 Å². The van der Waals surface area contributed by atoms with Gasteiger partial charge in [-0.15, -0.1) is 0 Å². The molecule has 0 saturated heterocycles. The molecule has 0 spiro atoms. The van der Waals surface area contributed by atoms with E-state index >= 15 is 0 Å². The Kier molecular flexibility index (Phi) is 3.14. The quantitative estimate of drug-likeness (QED) is 0.495. The van der Waals surface area contributed by atoms with E-state index in [1.807, 2.05) is 0 Å². The zero-order valence-corrected chi connectivity index (χ0v) is 8.57. The van der Waals surface area contributed by atoms with Gasteiger partial charge in [0.15, 0.2) is 0 Å². The van der Waals surface area contributed by atoms with Crippen LogP contribution in [0.25, 0.3) is 0 Å². The van der Waals surface area contributed by atoms with Gasteiger partial charge in [0.05, 0.1) is 0 Å². The number of hydrogen-bond acceptors (Lipinski definition) is 2. The zero-order chi connectivity index (χ0) is 8.41. The van der Waals surface area contributed by atoms with Crippen molar-refractivity contribution in [2.24, 2.45) is 0 Å². The van der Waals surface area contributed by atoms with Crippen molar-refractivity contribution >= 4 is 17.5 Å². The summed E-state index contributed by atoms with van der Waals surface area (Å²) >= 11 is 0. The molecule has 0 aromatic carbocycles. The fourth-order valence-corrected chi connectivity index (χ4v) is 4.26. The fraction of sp³-hybridized carbons (Fsp3) is 1.00. The van der Waals surface area contributed by atoms with Crippen LogP contribution in [-0.4, -0.2) is 24.7 Å². The average molecular weight is 186 g/mol. The molecule has 0 aromatic heterocycles. The van der Waals surface area contributed by atoms with Crippen LogP contribution in [0, 0.1) is 0 Å². The van der Waals surface area contributed by atoms with Crippen molar-refractivity contribution in [3.8, 4) is 0 Å². The summed E-state index contributed by atoms with van der Waals surface area (Å²) in [6.07, 6.45) is 0. The van der Waals surface area contributed by atoms with E-state index in [2.05, 4.69) is 4.12 Å². The first-order valence-electron chi connectivity index (χ1n) is 2.90. The Labute approximate surface area is 61.9 Å². The highest BCUT2D eigenvalue weighted by Gasteiger charge is 2.40. The van der Waals surface area contributed by atoms with Crippen molar-refractivity contribution < 1.29 is 16.8 Å². The summed E-state index contributed by atoms with van der Waals surface area (Å²) < 4.78 is 33.8. The van der Waals surface area contributed by atoms with Crippen LogP contribution in [0.2, 0.25) is 19.6 Å². The van der Waals surface area contributed by atoms with Crippen LogP contribution in [0.1, 0.15) is 0 Å². The van der Waals surface area contributed by atoms with Crippen molar-refractivity contribution in [2.45, 2.75) is 19.6 Å². The summed E-state index contributed by atoms with van der Waals surface area (Å²) in [6.45, 7) is 4.04. The Balaban J connectivity index is 3.89. The molecule has 0 N–H and O–H groups in total. The molecule has 0 radical (unpaired) electrons. The molecule has 62 valence electrons. The van der Waals surface area contributed by atoms with E-state index in [0.717, 1.165) is 6.55 Å². The van der Waals surface area contributed by atoms with Crippen molar-refractivity contribution in [3.05, 3.63) is 0 Å². The second-order valence-electron chi connectivity index (χ2n) is 2.51. The summed E-state index contributed by atoms with van der Waals surface area (Å²) in [5.74, 6) is 0. The van der Waals surface area contributed by atoms with Crippen molar-refractivity contribution in [1.29, 1.82) is 0 Å². The molecule has 0 amide bonds. The molecule has 10 heavy (non-hydrogen) atoms. The molecule has 0 saturated carbocycles. The first-order chi connectivity index (χ1) is 4.27. The van der Waals surface area contributed by atoms with Gasteiger partial charge in [0.1, 0.15) is 0 Å². The molecule has 0 aliphatic carbocycles. The van der Waals surface area contributed by atoms with E-state index in [1.165, 1.54) is 7.11 Å². The lowest BCUT2D eigenvalue weighted by atomic mass is 11.8. The average Bonchev–Trinajstić information content (AvgIpc) is 1.60. The normalized spacial score (nSPS) is 13.8. The first-order valence-corrected chi connectivity index (χ1v) is 7.88. The maximum atomic E-state index is 12.3. The van der Waals surface area contributed by atoms with Gasteiger partial charge in [-0.2, -0.15) is 0 Å². The standard InChI is InChI=1S/C4H12F2O2Si2/c1-7-9(2,3)8-10(4,5)6/h1-4H3. The predicted molar refractivity (Wildman–Crippen MR) is 39.4 cm³/mol. The number of rotatable bonds is 3. The molecule has 0 rings (SSSR count). The minimum absolute atomic E-state index is 0.848. The maximum Gasteiger partial charge on any atom is 0.565 e. The van der Waals surface area contributed by atoms with Gasteiger partial charge in [-0.05, 0) is 13.1 Å². The monoisotopic (exact) mass is 186 g/mol. The lowest BCUT2D eigenvalue weighted by Crippen LogP contribution is -2.42. The van der Waals surface area contributed by atoms with Gasteiger partial charge in [0, 0.05) is 13.7 Å². The van der Waals surface area contributed by atoms with Crippen LogP contribution in [0.15, 0.2) is 0 Å². The Morgan fingerprint density at radius 1 is 1.10 bits per heavy atom. The summed E-state index contributed by atoms with van der Waals surface area (Å²) in [7, 11) is -5.48. The molecule has 0 aliphatic rings. The van der Waals surface area contributed by atoms with E-state index < -0.39 is 17.5 Å². The van der Waals surface area contributed by atoms with Crippen LogP contribution in [0.5, 0.6) is 0 Å². The second kappa shape index (κ2) is 3.08. The lowest BCUT2D eigenvalue weighted by molar-refractivity contribution is 0.270. The van der Waals surface area contributed by atoms with Crippen molar-refractivity contribution in [1.82, 2.24) is 0 Å². The topological polar surface area (TPSA) is 18.5 Å². The Hall–Kier alpha value is 0.214. The van der Waals surface area contributed by atoms with Crippen LogP contribution in [-0.2, 0) is 8.54 Å². The van der Waals surface area contributed by atoms with Gasteiger partial charge in [0.2, 0.25) is 0 Å². The summed E-state index contributed by atoms with van der Waals surface area (Å²) in [6, 6.07) is 0. The smallest absolute Gasteiger partial charge is 0.398 e. The molecule has 0 unspecified atom stereocenters. The predicted octanol–water partition coefficient (Wildman–Crippen LogP) is 1.86. The summed E-state index contributed by atoms with van der Waals surface area (Å²) in [5, 5.41) is 0. The van der Waals surface area contributed by atoms with E-state index in [-0.39, 0.29) is 0 Å². The van der Waals surface area contributed by atoms with Gasteiger partial charge in [-0.1, -0.05) is 0 Å². The van der Waals surface area contributed by atoms with Crippen LogP contribution >= 0.6 is 0 Å². The zero-order valence-electron chi connectivity index (χ0n) is 6.57. The molecule has 0 bridgehead atoms. The highest BCUT2D eigenvalue weighted by Crippen LogP contribution is 2.16.